The molecule has 0 N–H and O–H groups in total. The Morgan fingerprint density at radius 2 is 1.42 bits per heavy atom. The number of carbonyl (C=O) groups excluding carboxylic acids is 4. The third-order valence-corrected chi connectivity index (χ3v) is 8.23. The van der Waals surface area contributed by atoms with E-state index in [1.54, 1.807) is 66.7 Å². The van der Waals surface area contributed by atoms with E-state index in [2.05, 4.69) is 0 Å². The van der Waals surface area contributed by atoms with Gasteiger partial charge in [-0.1, -0.05) is 42.5 Å². The predicted molar refractivity (Wildman–Crippen MR) is 139 cm³/mol. The van der Waals surface area contributed by atoms with Crippen molar-refractivity contribution in [2.75, 3.05) is 12.0 Å². The van der Waals surface area contributed by atoms with E-state index in [0.29, 0.717) is 16.9 Å². The van der Waals surface area contributed by atoms with Crippen LogP contribution in [0.1, 0.15) is 51.6 Å². The quantitative estimate of drug-likeness (QED) is 0.253. The van der Waals surface area contributed by atoms with Gasteiger partial charge in [-0.3, -0.25) is 14.4 Å². The van der Waals surface area contributed by atoms with Crippen LogP contribution in [0.25, 0.3) is 0 Å². The van der Waals surface area contributed by atoms with E-state index in [1.165, 1.54) is 18.1 Å². The van der Waals surface area contributed by atoms with Crippen molar-refractivity contribution in [3.8, 4) is 5.75 Å². The zero-order valence-electron chi connectivity index (χ0n) is 20.9. The Hall–Kier alpha value is -4.26. The van der Waals surface area contributed by atoms with Crippen LogP contribution >= 0.6 is 0 Å². The SMILES string of the molecule is COc1ccc(C(=O)[C@H](OC(=O)c2ccccc2N2C(=O)[C@H]3[C@@H]4CC[C@@H](C4)[C@@H]3C2=O)c2ccccc2)cc1. The number of amides is 2. The van der Waals surface area contributed by atoms with Crippen molar-refractivity contribution in [3.05, 3.63) is 95.6 Å². The van der Waals surface area contributed by atoms with Gasteiger partial charge in [0.05, 0.1) is 30.2 Å². The molecular weight excluding hydrogens is 482 g/mol. The Bertz CT molecular complexity index is 1390. The van der Waals surface area contributed by atoms with E-state index in [0.717, 1.165) is 19.3 Å². The summed E-state index contributed by atoms with van der Waals surface area (Å²) in [4.78, 5) is 55.2. The van der Waals surface area contributed by atoms with Gasteiger partial charge in [0.2, 0.25) is 17.6 Å². The molecule has 0 aromatic heterocycles. The molecule has 1 saturated heterocycles. The number of anilines is 1. The van der Waals surface area contributed by atoms with Crippen LogP contribution in [0.5, 0.6) is 5.75 Å². The third-order valence-electron chi connectivity index (χ3n) is 8.23. The molecule has 0 unspecified atom stereocenters. The first-order valence-electron chi connectivity index (χ1n) is 12.9. The Kier molecular flexibility index (Phi) is 6.06. The molecule has 0 spiro atoms. The minimum atomic E-state index is -1.22. The number of hydrogen-bond acceptors (Lipinski definition) is 6. The number of nitrogens with zero attached hydrogens (tertiary/aromatic N) is 1. The smallest absolute Gasteiger partial charge is 0.341 e. The van der Waals surface area contributed by atoms with Gasteiger partial charge in [0.15, 0.2) is 6.10 Å². The molecule has 7 nitrogen and oxygen atoms in total. The van der Waals surface area contributed by atoms with Gasteiger partial charge in [-0.2, -0.15) is 0 Å². The van der Waals surface area contributed by atoms with E-state index in [1.807, 2.05) is 6.07 Å². The predicted octanol–water partition coefficient (Wildman–Crippen LogP) is 5.01. The second-order valence-electron chi connectivity index (χ2n) is 10.2. The second-order valence-corrected chi connectivity index (χ2v) is 10.2. The summed E-state index contributed by atoms with van der Waals surface area (Å²) < 4.78 is 11.0. The molecule has 192 valence electrons. The highest BCUT2D eigenvalue weighted by molar-refractivity contribution is 6.24. The lowest BCUT2D eigenvalue weighted by Gasteiger charge is -2.22. The highest BCUT2D eigenvalue weighted by Crippen LogP contribution is 2.56. The summed E-state index contributed by atoms with van der Waals surface area (Å²) in [7, 11) is 1.54. The molecule has 2 saturated carbocycles. The van der Waals surface area contributed by atoms with Crippen LogP contribution in [-0.2, 0) is 14.3 Å². The number of carbonyl (C=O) groups is 4. The fourth-order valence-electron chi connectivity index (χ4n) is 6.47. The van der Waals surface area contributed by atoms with Gasteiger partial charge in [0.1, 0.15) is 5.75 Å². The summed E-state index contributed by atoms with van der Waals surface area (Å²) in [5.74, 6) is -1.20. The standard InChI is InChI=1S/C31H27NO6/c1-37-22-15-13-18(14-16-22)27(33)28(19-7-3-2-4-8-19)38-31(36)23-9-5-6-10-24(23)32-29(34)25-20-11-12-21(17-20)26(25)30(32)35/h2-10,13-16,20-21,25-26,28H,11-12,17H2,1H3/t20-,21+,25-,26-,28+/m0/s1. The largest absolute Gasteiger partial charge is 0.497 e. The Labute approximate surface area is 220 Å². The van der Waals surface area contributed by atoms with E-state index in [-0.39, 0.29) is 46.7 Å². The number of para-hydroxylation sites is 1. The maximum atomic E-state index is 13.6. The zero-order valence-corrected chi connectivity index (χ0v) is 20.9. The van der Waals surface area contributed by atoms with Crippen LogP contribution in [-0.4, -0.2) is 30.7 Å². The molecule has 1 aliphatic heterocycles. The van der Waals surface area contributed by atoms with Crippen molar-refractivity contribution >= 4 is 29.3 Å². The highest BCUT2D eigenvalue weighted by atomic mass is 16.5. The van der Waals surface area contributed by atoms with Gasteiger partial charge in [0.25, 0.3) is 0 Å². The monoisotopic (exact) mass is 509 g/mol. The third kappa shape index (κ3) is 3.90. The first kappa shape index (κ1) is 24.1. The molecule has 2 amide bonds. The minimum absolute atomic E-state index is 0.0741. The first-order chi connectivity index (χ1) is 18.5. The van der Waals surface area contributed by atoms with E-state index in [9.17, 15) is 19.2 Å². The van der Waals surface area contributed by atoms with Crippen LogP contribution in [0.3, 0.4) is 0 Å². The van der Waals surface area contributed by atoms with Gasteiger partial charge < -0.3 is 9.47 Å². The van der Waals surface area contributed by atoms with Crippen molar-refractivity contribution < 1.29 is 28.7 Å². The van der Waals surface area contributed by atoms with Gasteiger partial charge in [-0.15, -0.1) is 0 Å². The highest BCUT2D eigenvalue weighted by Gasteiger charge is 2.61. The Morgan fingerprint density at radius 1 is 0.816 bits per heavy atom. The van der Waals surface area contributed by atoms with Gasteiger partial charge in [-0.05, 0) is 67.5 Å². The van der Waals surface area contributed by atoms with Gasteiger partial charge in [0, 0.05) is 11.1 Å². The van der Waals surface area contributed by atoms with Crippen molar-refractivity contribution in [1.29, 1.82) is 0 Å². The number of Topliss-reactive ketones (excluding diaryl/α,β-unsaturated/α-hetero) is 1. The molecule has 0 radical (unpaired) electrons. The molecule has 6 rings (SSSR count). The average molecular weight is 510 g/mol. The normalized spacial score (nSPS) is 24.3. The maximum absolute atomic E-state index is 13.6. The van der Waals surface area contributed by atoms with Crippen molar-refractivity contribution in [3.63, 3.8) is 0 Å². The number of methoxy groups -OCH3 is 1. The number of benzene rings is 3. The van der Waals surface area contributed by atoms with Crippen molar-refractivity contribution in [2.24, 2.45) is 23.7 Å². The Balaban J connectivity index is 1.32. The zero-order chi connectivity index (χ0) is 26.4. The molecule has 1 heterocycles. The summed E-state index contributed by atoms with van der Waals surface area (Å²) in [6, 6.07) is 21.8. The maximum Gasteiger partial charge on any atom is 0.341 e. The molecule has 7 heteroatoms. The lowest BCUT2D eigenvalue weighted by molar-refractivity contribution is -0.123. The lowest BCUT2D eigenvalue weighted by atomic mass is 9.81. The summed E-state index contributed by atoms with van der Waals surface area (Å²) in [6.45, 7) is 0. The number of esters is 1. The number of ketones is 1. The van der Waals surface area contributed by atoms with Crippen LogP contribution in [0.4, 0.5) is 5.69 Å². The Morgan fingerprint density at radius 3 is 2.05 bits per heavy atom. The molecule has 3 aromatic carbocycles. The molecule has 2 bridgehead atoms. The fourth-order valence-corrected chi connectivity index (χ4v) is 6.47. The number of imide groups is 1. The molecular formula is C31H27NO6. The lowest BCUT2D eigenvalue weighted by Crippen LogP contribution is -2.34. The summed E-state index contributed by atoms with van der Waals surface area (Å²) in [5.41, 5.74) is 1.16. The minimum Gasteiger partial charge on any atom is -0.497 e. The molecule has 38 heavy (non-hydrogen) atoms. The van der Waals surface area contributed by atoms with Gasteiger partial charge in [-0.25, -0.2) is 9.69 Å². The molecule has 3 aliphatic rings. The topological polar surface area (TPSA) is 90.0 Å². The van der Waals surface area contributed by atoms with Crippen molar-refractivity contribution in [1.82, 2.24) is 0 Å². The summed E-state index contributed by atoms with van der Waals surface area (Å²) >= 11 is 0. The summed E-state index contributed by atoms with van der Waals surface area (Å²) in [5, 5.41) is 0. The molecule has 2 aliphatic carbocycles. The van der Waals surface area contributed by atoms with Crippen molar-refractivity contribution in [2.45, 2.75) is 25.4 Å². The number of rotatable bonds is 7. The number of hydrogen-bond donors (Lipinski definition) is 0. The number of ether oxygens (including phenoxy) is 2. The number of fused-ring (bicyclic) bond motifs is 5. The second kappa shape index (κ2) is 9.56. The van der Waals surface area contributed by atoms with Crippen LogP contribution in [0, 0.1) is 23.7 Å². The average Bonchev–Trinajstić information content (AvgIpc) is 3.65. The first-order valence-corrected chi connectivity index (χ1v) is 12.9. The molecule has 5 atom stereocenters. The molecule has 3 fully saturated rings. The van der Waals surface area contributed by atoms with E-state index < -0.39 is 17.9 Å². The van der Waals surface area contributed by atoms with Crippen LogP contribution < -0.4 is 9.64 Å². The summed E-state index contributed by atoms with van der Waals surface area (Å²) in [6.07, 6.45) is 1.64. The van der Waals surface area contributed by atoms with E-state index in [4.69, 9.17) is 9.47 Å². The van der Waals surface area contributed by atoms with E-state index >= 15 is 0 Å². The fraction of sp³-hybridized carbons (Fsp3) is 0.290. The van der Waals surface area contributed by atoms with Crippen LogP contribution in [0.15, 0.2) is 78.9 Å². The van der Waals surface area contributed by atoms with Crippen LogP contribution in [0.2, 0.25) is 0 Å². The van der Waals surface area contributed by atoms with Gasteiger partial charge >= 0.3 is 5.97 Å². The molecule has 3 aromatic rings.